The van der Waals surface area contributed by atoms with Crippen molar-refractivity contribution >= 4 is 39.6 Å². The second-order valence-electron chi connectivity index (χ2n) is 6.89. The second-order valence-corrected chi connectivity index (χ2v) is 8.91. The maximum atomic E-state index is 12.8. The summed E-state index contributed by atoms with van der Waals surface area (Å²) < 4.78 is 11.4. The molecule has 8 heteroatoms. The second kappa shape index (κ2) is 10.5. The number of hydrogen-bond donors (Lipinski definition) is 1. The number of methoxy groups -OCH3 is 1. The Balaban J connectivity index is 1.83. The van der Waals surface area contributed by atoms with Gasteiger partial charge in [-0.2, -0.15) is 5.26 Å². The first-order chi connectivity index (χ1) is 14.9. The largest absolute Gasteiger partial charge is 0.493 e. The summed E-state index contributed by atoms with van der Waals surface area (Å²) in [6.07, 6.45) is 0. The Kier molecular flexibility index (Phi) is 7.77. The molecular weight excluding hydrogens is 480 g/mol. The molecule has 0 aromatic heterocycles. The fraction of sp³-hybridized carbons (Fsp3) is 0.261. The number of hydrogen-bond acceptors (Lipinski definition) is 6. The number of thioether (sulfide) groups is 1. The van der Waals surface area contributed by atoms with E-state index >= 15 is 0 Å². The number of rotatable bonds is 7. The van der Waals surface area contributed by atoms with Crippen molar-refractivity contribution < 1.29 is 19.1 Å². The number of allylic oxidation sites excluding steroid dienone is 1. The molecule has 1 N–H and O–H groups in total. The number of benzene rings is 2. The fourth-order valence-electron chi connectivity index (χ4n) is 3.32. The van der Waals surface area contributed by atoms with Gasteiger partial charge in [0.25, 0.3) is 0 Å². The van der Waals surface area contributed by atoms with E-state index in [0.29, 0.717) is 28.5 Å². The van der Waals surface area contributed by atoms with E-state index < -0.39 is 23.7 Å². The fourth-order valence-corrected chi connectivity index (χ4v) is 4.61. The van der Waals surface area contributed by atoms with Crippen LogP contribution in [0.2, 0.25) is 0 Å². The molecule has 1 aliphatic rings. The van der Waals surface area contributed by atoms with Crippen LogP contribution in [0.5, 0.6) is 5.75 Å². The van der Waals surface area contributed by atoms with Crippen molar-refractivity contribution in [3.63, 3.8) is 0 Å². The van der Waals surface area contributed by atoms with Crippen molar-refractivity contribution in [1.82, 2.24) is 5.32 Å². The predicted octanol–water partition coefficient (Wildman–Crippen LogP) is 4.31. The number of ether oxygens (including phenoxy) is 2. The average Bonchev–Trinajstić information content (AvgIpc) is 2.77. The number of nitriles is 1. The highest BCUT2D eigenvalue weighted by Gasteiger charge is 2.44. The zero-order chi connectivity index (χ0) is 22.4. The van der Waals surface area contributed by atoms with Gasteiger partial charge in [-0.15, -0.1) is 11.8 Å². The molecule has 3 rings (SSSR count). The number of halogens is 1. The standard InChI is InChI=1S/C23H21BrN2O4S/c1-14-6-8-17(9-7-14)30-10-11-31-22-18(13-25)19(15-4-3-5-16(24)12-15)20(21(27)26-22)23(28)29-2/h3-9,12,19-20H,10-11H2,1-2H3,(H,26,27)/t19-,20-/m1/s1. The van der Waals surface area contributed by atoms with E-state index in [1.165, 1.54) is 18.9 Å². The normalized spacial score (nSPS) is 18.2. The van der Waals surface area contributed by atoms with E-state index in [0.717, 1.165) is 15.8 Å². The third kappa shape index (κ3) is 5.49. The molecule has 0 bridgehead atoms. The van der Waals surface area contributed by atoms with Crippen molar-refractivity contribution in [2.24, 2.45) is 5.92 Å². The van der Waals surface area contributed by atoms with Crippen LogP contribution in [-0.2, 0) is 14.3 Å². The lowest BCUT2D eigenvalue weighted by molar-refractivity contribution is -0.150. The average molecular weight is 501 g/mol. The Morgan fingerprint density at radius 2 is 2.00 bits per heavy atom. The molecule has 31 heavy (non-hydrogen) atoms. The topological polar surface area (TPSA) is 88.4 Å². The molecule has 0 saturated carbocycles. The van der Waals surface area contributed by atoms with Gasteiger partial charge >= 0.3 is 5.97 Å². The first kappa shape index (κ1) is 22.9. The van der Waals surface area contributed by atoms with Gasteiger partial charge in [0.05, 0.1) is 30.4 Å². The van der Waals surface area contributed by atoms with Gasteiger partial charge in [0, 0.05) is 16.1 Å². The van der Waals surface area contributed by atoms with Crippen molar-refractivity contribution in [3.05, 3.63) is 74.7 Å². The molecule has 2 aromatic rings. The van der Waals surface area contributed by atoms with Crippen LogP contribution in [0.25, 0.3) is 0 Å². The first-order valence-corrected chi connectivity index (χ1v) is 11.3. The van der Waals surface area contributed by atoms with Gasteiger partial charge in [0.1, 0.15) is 11.7 Å². The van der Waals surface area contributed by atoms with E-state index in [1.807, 2.05) is 37.3 Å². The number of nitrogens with zero attached hydrogens (tertiary/aromatic N) is 1. The summed E-state index contributed by atoms with van der Waals surface area (Å²) in [6.45, 7) is 2.40. The third-order valence-electron chi connectivity index (χ3n) is 4.81. The highest BCUT2D eigenvalue weighted by molar-refractivity contribution is 9.10. The van der Waals surface area contributed by atoms with E-state index in [1.54, 1.807) is 18.2 Å². The monoisotopic (exact) mass is 500 g/mol. The van der Waals surface area contributed by atoms with E-state index in [4.69, 9.17) is 9.47 Å². The van der Waals surface area contributed by atoms with Gasteiger partial charge in [-0.25, -0.2) is 0 Å². The van der Waals surface area contributed by atoms with Crippen LogP contribution in [0.3, 0.4) is 0 Å². The van der Waals surface area contributed by atoms with Crippen molar-refractivity contribution in [2.45, 2.75) is 12.8 Å². The van der Waals surface area contributed by atoms with Crippen LogP contribution in [0, 0.1) is 24.2 Å². The van der Waals surface area contributed by atoms with Gasteiger partial charge < -0.3 is 14.8 Å². The number of carbonyl (C=O) groups excluding carboxylic acids is 2. The van der Waals surface area contributed by atoms with Crippen molar-refractivity contribution in [2.75, 3.05) is 19.5 Å². The van der Waals surface area contributed by atoms with Crippen molar-refractivity contribution in [1.29, 1.82) is 5.26 Å². The summed E-state index contributed by atoms with van der Waals surface area (Å²) in [7, 11) is 1.23. The Labute approximate surface area is 193 Å². The minimum atomic E-state index is -1.14. The minimum Gasteiger partial charge on any atom is -0.493 e. The van der Waals surface area contributed by atoms with Gasteiger partial charge in [-0.3, -0.25) is 9.59 Å². The van der Waals surface area contributed by atoms with E-state index in [2.05, 4.69) is 27.3 Å². The molecule has 2 atom stereocenters. The van der Waals surface area contributed by atoms with Gasteiger partial charge in [0.15, 0.2) is 0 Å². The molecule has 1 aliphatic heterocycles. The lowest BCUT2D eigenvalue weighted by Crippen LogP contribution is -2.44. The Hall–Kier alpha value is -2.76. The molecule has 0 saturated heterocycles. The first-order valence-electron chi connectivity index (χ1n) is 9.55. The Morgan fingerprint density at radius 1 is 1.26 bits per heavy atom. The zero-order valence-corrected chi connectivity index (χ0v) is 19.5. The van der Waals surface area contributed by atoms with Crippen LogP contribution in [0.15, 0.2) is 63.6 Å². The smallest absolute Gasteiger partial charge is 0.319 e. The van der Waals surface area contributed by atoms with Crippen LogP contribution in [0.4, 0.5) is 0 Å². The number of nitrogens with one attached hydrogen (secondary N) is 1. The maximum Gasteiger partial charge on any atom is 0.319 e. The van der Waals surface area contributed by atoms with Gasteiger partial charge in [-0.1, -0.05) is 45.8 Å². The lowest BCUT2D eigenvalue weighted by Gasteiger charge is -2.31. The van der Waals surface area contributed by atoms with Crippen molar-refractivity contribution in [3.8, 4) is 11.8 Å². The molecule has 0 spiro atoms. The molecular formula is C23H21BrN2O4S. The number of esters is 1. The van der Waals surface area contributed by atoms with Gasteiger partial charge in [-0.05, 0) is 36.8 Å². The molecule has 160 valence electrons. The molecule has 2 aromatic carbocycles. The summed E-state index contributed by atoms with van der Waals surface area (Å²) in [4.78, 5) is 25.2. The number of aryl methyl sites for hydroxylation is 1. The summed E-state index contributed by atoms with van der Waals surface area (Å²) >= 11 is 4.73. The summed E-state index contributed by atoms with van der Waals surface area (Å²) in [5.74, 6) is -1.76. The summed E-state index contributed by atoms with van der Waals surface area (Å²) in [6, 6.07) is 17.2. The van der Waals surface area contributed by atoms with Crippen LogP contribution in [-0.4, -0.2) is 31.3 Å². The molecule has 1 amide bonds. The minimum absolute atomic E-state index is 0.327. The Bertz CT molecular complexity index is 1050. The number of amides is 1. The van der Waals surface area contributed by atoms with E-state index in [9.17, 15) is 14.9 Å². The SMILES string of the molecule is COC(=O)[C@H]1C(=O)NC(SCCOc2ccc(C)cc2)=C(C#N)[C@H]1c1cccc(Br)c1. The lowest BCUT2D eigenvalue weighted by atomic mass is 9.78. The Morgan fingerprint density at radius 3 is 2.65 bits per heavy atom. The maximum absolute atomic E-state index is 12.8. The van der Waals surface area contributed by atoms with Crippen LogP contribution in [0.1, 0.15) is 17.0 Å². The predicted molar refractivity (Wildman–Crippen MR) is 122 cm³/mol. The highest BCUT2D eigenvalue weighted by Crippen LogP contribution is 2.40. The molecule has 1 heterocycles. The van der Waals surface area contributed by atoms with Crippen LogP contribution >= 0.6 is 27.7 Å². The molecule has 0 unspecified atom stereocenters. The molecule has 6 nitrogen and oxygen atoms in total. The summed E-state index contributed by atoms with van der Waals surface area (Å²) in [5, 5.41) is 13.1. The highest BCUT2D eigenvalue weighted by atomic mass is 79.9. The van der Waals surface area contributed by atoms with E-state index in [-0.39, 0.29) is 0 Å². The molecule has 0 aliphatic carbocycles. The zero-order valence-electron chi connectivity index (χ0n) is 17.1. The summed E-state index contributed by atoms with van der Waals surface area (Å²) in [5.41, 5.74) is 2.16. The quantitative estimate of drug-likeness (QED) is 0.346. The molecule has 0 fully saturated rings. The van der Waals surface area contributed by atoms with Crippen LogP contribution < -0.4 is 10.1 Å². The van der Waals surface area contributed by atoms with Gasteiger partial charge in [0.2, 0.25) is 5.91 Å². The molecule has 0 radical (unpaired) electrons. The third-order valence-corrected chi connectivity index (χ3v) is 6.29. The number of carbonyl (C=O) groups is 2.